The summed E-state index contributed by atoms with van der Waals surface area (Å²) >= 11 is 0. The molecule has 1 aliphatic rings. The summed E-state index contributed by atoms with van der Waals surface area (Å²) in [5, 5.41) is 0. The molecule has 20 heavy (non-hydrogen) atoms. The smallest absolute Gasteiger partial charge is 0.161 e. The molecule has 3 nitrogen and oxygen atoms in total. The van der Waals surface area contributed by atoms with Gasteiger partial charge in [0.25, 0.3) is 0 Å². The van der Waals surface area contributed by atoms with Crippen molar-refractivity contribution in [2.45, 2.75) is 38.2 Å². The van der Waals surface area contributed by atoms with Crippen LogP contribution in [0.3, 0.4) is 0 Å². The normalized spacial score (nSPS) is 16.4. The third-order valence-corrected chi connectivity index (χ3v) is 3.66. The summed E-state index contributed by atoms with van der Waals surface area (Å²) in [6.45, 7) is 0. The van der Waals surface area contributed by atoms with E-state index < -0.39 is 0 Å². The van der Waals surface area contributed by atoms with Crippen LogP contribution < -0.4 is 9.47 Å². The Balaban J connectivity index is 2.15. The van der Waals surface area contributed by atoms with Crippen LogP contribution in [0.5, 0.6) is 11.5 Å². The maximum absolute atomic E-state index is 10.8. The van der Waals surface area contributed by atoms with Crippen LogP contribution in [0.2, 0.25) is 0 Å². The average Bonchev–Trinajstić information content (AvgIpc) is 2.98. The number of rotatable bonds is 6. The summed E-state index contributed by atoms with van der Waals surface area (Å²) in [5.41, 5.74) is 0.994. The van der Waals surface area contributed by atoms with Crippen LogP contribution in [-0.4, -0.2) is 19.5 Å². The van der Waals surface area contributed by atoms with Crippen molar-refractivity contribution >= 4 is 6.29 Å². The van der Waals surface area contributed by atoms with E-state index in [1.807, 2.05) is 18.2 Å². The highest BCUT2D eigenvalue weighted by Crippen LogP contribution is 2.32. The molecule has 1 saturated carbocycles. The molecule has 0 aromatic heterocycles. The predicted octanol–water partition coefficient (Wildman–Crippen LogP) is 3.01. The number of carbonyl (C=O) groups excluding carboxylic acids is 1. The van der Waals surface area contributed by atoms with Gasteiger partial charge in [-0.05, 0) is 49.8 Å². The molecule has 0 heterocycles. The van der Waals surface area contributed by atoms with Crippen molar-refractivity contribution in [2.24, 2.45) is 5.92 Å². The summed E-state index contributed by atoms with van der Waals surface area (Å²) in [6.07, 6.45) is 11.6. The van der Waals surface area contributed by atoms with Gasteiger partial charge in [0.1, 0.15) is 6.29 Å². The van der Waals surface area contributed by atoms with Gasteiger partial charge < -0.3 is 14.3 Å². The lowest BCUT2D eigenvalue weighted by Crippen LogP contribution is -2.12. The van der Waals surface area contributed by atoms with Gasteiger partial charge in [-0.25, -0.2) is 0 Å². The molecule has 2 rings (SSSR count). The van der Waals surface area contributed by atoms with Crippen LogP contribution in [0.4, 0.5) is 0 Å². The Morgan fingerprint density at radius 1 is 1.40 bits per heavy atom. The molecular weight excluding hydrogens is 252 g/mol. The fraction of sp³-hybridized carbons (Fsp3) is 0.471. The van der Waals surface area contributed by atoms with Gasteiger partial charge in [0.2, 0.25) is 0 Å². The first-order valence-electron chi connectivity index (χ1n) is 7.01. The molecule has 0 amide bonds. The summed E-state index contributed by atoms with van der Waals surface area (Å²) < 4.78 is 11.4. The number of benzene rings is 1. The van der Waals surface area contributed by atoms with Gasteiger partial charge in [-0.2, -0.15) is 0 Å². The van der Waals surface area contributed by atoms with Gasteiger partial charge in [0.05, 0.1) is 19.1 Å². The number of hydrogen-bond acceptors (Lipinski definition) is 3. The fourth-order valence-electron chi connectivity index (χ4n) is 2.53. The molecule has 1 fully saturated rings. The van der Waals surface area contributed by atoms with E-state index in [2.05, 4.69) is 5.92 Å². The monoisotopic (exact) mass is 272 g/mol. The Labute approximate surface area is 120 Å². The third kappa shape index (κ3) is 3.54. The molecule has 0 spiro atoms. The van der Waals surface area contributed by atoms with Gasteiger partial charge in [-0.3, -0.25) is 0 Å². The summed E-state index contributed by atoms with van der Waals surface area (Å²) in [6, 6.07) is 5.73. The minimum Gasteiger partial charge on any atom is -0.493 e. The SMILES string of the molecule is C#CC(C=O)Cc1ccc(OC)c(OC2CCCC2)c1. The Bertz CT molecular complexity index is 495. The second kappa shape index (κ2) is 7.00. The van der Waals surface area contributed by atoms with E-state index in [4.69, 9.17) is 15.9 Å². The number of hydrogen-bond donors (Lipinski definition) is 0. The van der Waals surface area contributed by atoms with Crippen molar-refractivity contribution in [3.63, 3.8) is 0 Å². The maximum Gasteiger partial charge on any atom is 0.161 e. The first kappa shape index (κ1) is 14.5. The molecule has 106 valence electrons. The molecule has 1 unspecified atom stereocenters. The molecule has 0 N–H and O–H groups in total. The molecule has 0 radical (unpaired) electrons. The van der Waals surface area contributed by atoms with Crippen molar-refractivity contribution < 1.29 is 14.3 Å². The molecule has 1 atom stereocenters. The molecule has 0 bridgehead atoms. The molecule has 3 heteroatoms. The van der Waals surface area contributed by atoms with E-state index in [0.29, 0.717) is 6.42 Å². The molecule has 0 aliphatic heterocycles. The van der Waals surface area contributed by atoms with E-state index in [0.717, 1.165) is 36.2 Å². The number of methoxy groups -OCH3 is 1. The van der Waals surface area contributed by atoms with Gasteiger partial charge in [-0.15, -0.1) is 6.42 Å². The number of ether oxygens (including phenoxy) is 2. The molecule has 1 aliphatic carbocycles. The number of aldehydes is 1. The average molecular weight is 272 g/mol. The lowest BCUT2D eigenvalue weighted by atomic mass is 10.0. The van der Waals surface area contributed by atoms with Crippen molar-refractivity contribution in [3.8, 4) is 23.8 Å². The number of terminal acetylenes is 1. The van der Waals surface area contributed by atoms with Gasteiger partial charge in [-0.1, -0.05) is 12.0 Å². The Kier molecular flexibility index (Phi) is 5.06. The zero-order valence-corrected chi connectivity index (χ0v) is 11.8. The minimum atomic E-state index is -0.386. The lowest BCUT2D eigenvalue weighted by molar-refractivity contribution is -0.109. The Morgan fingerprint density at radius 3 is 2.75 bits per heavy atom. The highest BCUT2D eigenvalue weighted by molar-refractivity contribution is 5.59. The fourth-order valence-corrected chi connectivity index (χ4v) is 2.53. The maximum atomic E-state index is 10.8. The zero-order valence-electron chi connectivity index (χ0n) is 11.8. The largest absolute Gasteiger partial charge is 0.493 e. The first-order chi connectivity index (χ1) is 9.76. The van der Waals surface area contributed by atoms with E-state index in [1.165, 1.54) is 12.8 Å². The van der Waals surface area contributed by atoms with Crippen LogP contribution >= 0.6 is 0 Å². The third-order valence-electron chi connectivity index (χ3n) is 3.66. The standard InChI is InChI=1S/C17H20O3/c1-3-13(12-18)10-14-8-9-16(19-2)17(11-14)20-15-6-4-5-7-15/h1,8-9,11-13,15H,4-7,10H2,2H3. The molecular formula is C17H20O3. The van der Waals surface area contributed by atoms with Crippen molar-refractivity contribution in [1.82, 2.24) is 0 Å². The quantitative estimate of drug-likeness (QED) is 0.590. The lowest BCUT2D eigenvalue weighted by Gasteiger charge is -2.17. The molecule has 1 aromatic carbocycles. The Morgan fingerprint density at radius 2 is 2.15 bits per heavy atom. The Hall–Kier alpha value is -1.95. The highest BCUT2D eigenvalue weighted by Gasteiger charge is 2.19. The summed E-state index contributed by atoms with van der Waals surface area (Å²) in [5.74, 6) is 3.57. The second-order valence-corrected chi connectivity index (χ2v) is 5.12. The van der Waals surface area contributed by atoms with Crippen molar-refractivity contribution in [1.29, 1.82) is 0 Å². The van der Waals surface area contributed by atoms with Gasteiger partial charge in [0, 0.05) is 0 Å². The predicted molar refractivity (Wildman–Crippen MR) is 78.0 cm³/mol. The van der Waals surface area contributed by atoms with Crippen molar-refractivity contribution in [3.05, 3.63) is 23.8 Å². The van der Waals surface area contributed by atoms with E-state index in [9.17, 15) is 4.79 Å². The van der Waals surface area contributed by atoms with E-state index in [-0.39, 0.29) is 12.0 Å². The van der Waals surface area contributed by atoms with E-state index >= 15 is 0 Å². The molecule has 1 aromatic rings. The number of carbonyl (C=O) groups is 1. The minimum absolute atomic E-state index is 0.272. The van der Waals surface area contributed by atoms with Crippen LogP contribution in [0.25, 0.3) is 0 Å². The molecule has 0 saturated heterocycles. The van der Waals surface area contributed by atoms with Gasteiger partial charge in [0.15, 0.2) is 11.5 Å². The highest BCUT2D eigenvalue weighted by atomic mass is 16.5. The summed E-state index contributed by atoms with van der Waals surface area (Å²) in [7, 11) is 1.63. The van der Waals surface area contributed by atoms with Gasteiger partial charge >= 0.3 is 0 Å². The van der Waals surface area contributed by atoms with E-state index in [1.54, 1.807) is 7.11 Å². The zero-order chi connectivity index (χ0) is 14.4. The summed E-state index contributed by atoms with van der Waals surface area (Å²) in [4.78, 5) is 10.8. The van der Waals surface area contributed by atoms with Crippen LogP contribution in [0.15, 0.2) is 18.2 Å². The first-order valence-corrected chi connectivity index (χ1v) is 7.01. The van der Waals surface area contributed by atoms with Crippen LogP contribution in [0, 0.1) is 18.3 Å². The van der Waals surface area contributed by atoms with Crippen molar-refractivity contribution in [2.75, 3.05) is 7.11 Å². The van der Waals surface area contributed by atoms with Crippen LogP contribution in [0.1, 0.15) is 31.2 Å². The topological polar surface area (TPSA) is 35.5 Å². The second-order valence-electron chi connectivity index (χ2n) is 5.12. The van der Waals surface area contributed by atoms with Crippen LogP contribution in [-0.2, 0) is 11.2 Å².